The summed E-state index contributed by atoms with van der Waals surface area (Å²) in [4.78, 5) is 0. The highest BCUT2D eigenvalue weighted by Crippen LogP contribution is 2.42. The van der Waals surface area contributed by atoms with Gasteiger partial charge in [0.25, 0.3) is 0 Å². The van der Waals surface area contributed by atoms with Gasteiger partial charge in [-0.15, -0.1) is 0 Å². The van der Waals surface area contributed by atoms with Gasteiger partial charge in [-0.1, -0.05) is 63.4 Å². The standard InChI is InChI=1S/C24H40O/c1-4-5-6-9-20-11-15-22(16-12-20)23-17-13-21(14-18-23)10-7-8-19-24(2,3)25/h7,10,20-23,25H,4-6,9,11-18H2,1-3H3/b10-7+/t20-,21-,22-,23-. The zero-order chi connectivity index (χ0) is 18.1. The summed E-state index contributed by atoms with van der Waals surface area (Å²) in [7, 11) is 0. The van der Waals surface area contributed by atoms with Crippen LogP contribution in [0.1, 0.15) is 97.8 Å². The maximum Gasteiger partial charge on any atom is 0.120 e. The van der Waals surface area contributed by atoms with Crippen LogP contribution in [0.4, 0.5) is 0 Å². The summed E-state index contributed by atoms with van der Waals surface area (Å²) in [6.07, 6.45) is 21.5. The Kier molecular flexibility index (Phi) is 8.57. The molecule has 25 heavy (non-hydrogen) atoms. The van der Waals surface area contributed by atoms with Gasteiger partial charge in [-0.2, -0.15) is 0 Å². The molecule has 0 aromatic carbocycles. The molecule has 2 aliphatic rings. The Balaban J connectivity index is 1.65. The van der Waals surface area contributed by atoms with Gasteiger partial charge < -0.3 is 5.11 Å². The van der Waals surface area contributed by atoms with E-state index in [1.54, 1.807) is 13.8 Å². The minimum atomic E-state index is -0.878. The van der Waals surface area contributed by atoms with Crippen molar-refractivity contribution in [2.75, 3.05) is 0 Å². The van der Waals surface area contributed by atoms with Gasteiger partial charge in [-0.05, 0) is 82.1 Å². The van der Waals surface area contributed by atoms with E-state index in [1.807, 2.05) is 6.08 Å². The lowest BCUT2D eigenvalue weighted by Crippen LogP contribution is -2.25. The monoisotopic (exact) mass is 344 g/mol. The quantitative estimate of drug-likeness (QED) is 0.430. The second kappa shape index (κ2) is 10.4. The van der Waals surface area contributed by atoms with Crippen molar-refractivity contribution >= 4 is 0 Å². The van der Waals surface area contributed by atoms with Crippen molar-refractivity contribution in [3.63, 3.8) is 0 Å². The highest BCUT2D eigenvalue weighted by molar-refractivity contribution is 5.21. The van der Waals surface area contributed by atoms with Crippen LogP contribution in [-0.2, 0) is 0 Å². The normalized spacial score (nSPS) is 30.9. The molecule has 0 atom stereocenters. The molecule has 142 valence electrons. The van der Waals surface area contributed by atoms with Crippen LogP contribution in [0.25, 0.3) is 0 Å². The first-order valence-corrected chi connectivity index (χ1v) is 10.9. The molecule has 2 rings (SSSR count). The largest absolute Gasteiger partial charge is 0.378 e. The summed E-state index contributed by atoms with van der Waals surface area (Å²) in [5.74, 6) is 9.61. The predicted octanol–water partition coefficient (Wildman–Crippen LogP) is 6.51. The van der Waals surface area contributed by atoms with Gasteiger partial charge in [0, 0.05) is 0 Å². The van der Waals surface area contributed by atoms with Gasteiger partial charge in [-0.25, -0.2) is 0 Å². The molecule has 0 saturated heterocycles. The third-order valence-corrected chi connectivity index (χ3v) is 6.42. The molecule has 2 aliphatic carbocycles. The molecule has 0 spiro atoms. The van der Waals surface area contributed by atoms with Crippen LogP contribution in [0.3, 0.4) is 0 Å². The summed E-state index contributed by atoms with van der Waals surface area (Å²) in [5, 5.41) is 9.61. The topological polar surface area (TPSA) is 20.2 Å². The Morgan fingerprint density at radius 2 is 1.52 bits per heavy atom. The smallest absolute Gasteiger partial charge is 0.120 e. The molecule has 0 aliphatic heterocycles. The summed E-state index contributed by atoms with van der Waals surface area (Å²) in [5.41, 5.74) is -0.878. The maximum absolute atomic E-state index is 9.61. The van der Waals surface area contributed by atoms with E-state index in [9.17, 15) is 5.11 Å². The molecular weight excluding hydrogens is 304 g/mol. The second-order valence-electron chi connectivity index (χ2n) is 9.14. The molecule has 0 radical (unpaired) electrons. The van der Waals surface area contributed by atoms with E-state index in [-0.39, 0.29) is 0 Å². The van der Waals surface area contributed by atoms with Crippen LogP contribution in [0, 0.1) is 35.5 Å². The predicted molar refractivity (Wildman–Crippen MR) is 108 cm³/mol. The van der Waals surface area contributed by atoms with E-state index < -0.39 is 5.60 Å². The van der Waals surface area contributed by atoms with Crippen LogP contribution in [0.15, 0.2) is 12.2 Å². The first kappa shape index (κ1) is 20.6. The highest BCUT2D eigenvalue weighted by Gasteiger charge is 2.30. The highest BCUT2D eigenvalue weighted by atomic mass is 16.3. The van der Waals surface area contributed by atoms with E-state index >= 15 is 0 Å². The average Bonchev–Trinajstić information content (AvgIpc) is 2.59. The summed E-state index contributed by atoms with van der Waals surface area (Å²) in [6, 6.07) is 0. The van der Waals surface area contributed by atoms with E-state index in [0.29, 0.717) is 5.92 Å². The Morgan fingerprint density at radius 1 is 0.920 bits per heavy atom. The molecule has 1 N–H and O–H groups in total. The van der Waals surface area contributed by atoms with E-state index in [2.05, 4.69) is 24.8 Å². The lowest BCUT2D eigenvalue weighted by atomic mass is 9.68. The van der Waals surface area contributed by atoms with Gasteiger partial charge in [0.15, 0.2) is 0 Å². The zero-order valence-electron chi connectivity index (χ0n) is 16.9. The Bertz CT molecular complexity index is 443. The number of hydrogen-bond donors (Lipinski definition) is 1. The molecule has 2 saturated carbocycles. The molecule has 1 heteroatoms. The van der Waals surface area contributed by atoms with Crippen molar-refractivity contribution in [2.24, 2.45) is 23.7 Å². The number of aliphatic hydroxyl groups is 1. The van der Waals surface area contributed by atoms with Crippen molar-refractivity contribution < 1.29 is 5.11 Å². The van der Waals surface area contributed by atoms with Crippen LogP contribution in [-0.4, -0.2) is 10.7 Å². The van der Waals surface area contributed by atoms with Crippen molar-refractivity contribution in [2.45, 2.75) is 103 Å². The van der Waals surface area contributed by atoms with E-state index in [0.717, 1.165) is 17.8 Å². The minimum absolute atomic E-state index is 0.706. The number of unbranched alkanes of at least 4 members (excludes halogenated alkanes) is 2. The maximum atomic E-state index is 9.61. The number of rotatable bonds is 6. The van der Waals surface area contributed by atoms with Gasteiger partial charge in [0.1, 0.15) is 5.60 Å². The first-order chi connectivity index (χ1) is 12.0. The first-order valence-electron chi connectivity index (χ1n) is 10.9. The van der Waals surface area contributed by atoms with Crippen LogP contribution in [0.2, 0.25) is 0 Å². The van der Waals surface area contributed by atoms with Gasteiger partial charge in [0.2, 0.25) is 0 Å². The molecule has 0 bridgehead atoms. The third-order valence-electron chi connectivity index (χ3n) is 6.42. The molecule has 0 unspecified atom stereocenters. The summed E-state index contributed by atoms with van der Waals surface area (Å²) >= 11 is 0. The van der Waals surface area contributed by atoms with Crippen molar-refractivity contribution in [3.8, 4) is 11.8 Å². The summed E-state index contributed by atoms with van der Waals surface area (Å²) < 4.78 is 0. The summed E-state index contributed by atoms with van der Waals surface area (Å²) in [6.45, 7) is 5.78. The fourth-order valence-corrected chi connectivity index (χ4v) is 4.84. The Morgan fingerprint density at radius 3 is 2.08 bits per heavy atom. The molecule has 0 heterocycles. The average molecular weight is 345 g/mol. The Labute approximate surface area is 156 Å². The molecule has 0 amide bonds. The molecule has 0 aromatic heterocycles. The minimum Gasteiger partial charge on any atom is -0.378 e. The lowest BCUT2D eigenvalue weighted by molar-refractivity contribution is 0.143. The molecule has 2 fully saturated rings. The van der Waals surface area contributed by atoms with E-state index in [1.165, 1.54) is 77.0 Å². The fourth-order valence-electron chi connectivity index (χ4n) is 4.84. The van der Waals surface area contributed by atoms with Gasteiger partial charge >= 0.3 is 0 Å². The van der Waals surface area contributed by atoms with Crippen molar-refractivity contribution in [3.05, 3.63) is 12.2 Å². The van der Waals surface area contributed by atoms with Gasteiger partial charge in [-0.3, -0.25) is 0 Å². The SMILES string of the molecule is CCCCC[C@H]1CC[C@H]([C@H]2CC[C@H](/C=C/C#CC(C)(C)O)CC2)CC1. The molecule has 1 nitrogen and oxygen atoms in total. The number of hydrogen-bond acceptors (Lipinski definition) is 1. The van der Waals surface area contributed by atoms with Crippen molar-refractivity contribution in [1.29, 1.82) is 0 Å². The zero-order valence-corrected chi connectivity index (χ0v) is 16.9. The van der Waals surface area contributed by atoms with Gasteiger partial charge in [0.05, 0.1) is 0 Å². The van der Waals surface area contributed by atoms with E-state index in [4.69, 9.17) is 0 Å². The van der Waals surface area contributed by atoms with Crippen LogP contribution < -0.4 is 0 Å². The second-order valence-corrected chi connectivity index (χ2v) is 9.14. The van der Waals surface area contributed by atoms with Crippen LogP contribution in [0.5, 0.6) is 0 Å². The van der Waals surface area contributed by atoms with Crippen LogP contribution >= 0.6 is 0 Å². The third kappa shape index (κ3) is 8.00. The Hall–Kier alpha value is -0.740. The lowest BCUT2D eigenvalue weighted by Gasteiger charge is -2.37. The molecular formula is C24H40O. The number of allylic oxidation sites excluding steroid dienone is 2. The molecule has 0 aromatic rings. The van der Waals surface area contributed by atoms with Crippen molar-refractivity contribution in [1.82, 2.24) is 0 Å². The fraction of sp³-hybridized carbons (Fsp3) is 0.833.